The molecule has 0 atom stereocenters. The van der Waals surface area contributed by atoms with Crippen molar-refractivity contribution in [1.29, 1.82) is 0 Å². The van der Waals surface area contributed by atoms with E-state index >= 15 is 0 Å². The Hall–Kier alpha value is -4.17. The van der Waals surface area contributed by atoms with E-state index in [0.717, 1.165) is 24.3 Å². The van der Waals surface area contributed by atoms with Gasteiger partial charge in [0.15, 0.2) is 0 Å². The molecular weight excluding hydrogens is 486 g/mol. The first-order valence-electron chi connectivity index (χ1n) is 9.73. The SMILES string of the molecule is CCOc1nc(N=NCc2ccc(OC(F)(F)F)cc2)nc(Nc2ccc(OC(F)(F)F)cc2)n1. The van der Waals surface area contributed by atoms with E-state index in [1.807, 2.05) is 0 Å². The van der Waals surface area contributed by atoms with Crippen LogP contribution in [-0.2, 0) is 6.54 Å². The Labute approximate surface area is 193 Å². The van der Waals surface area contributed by atoms with Crippen molar-refractivity contribution in [2.24, 2.45) is 10.2 Å². The fourth-order valence-electron chi connectivity index (χ4n) is 2.49. The first kappa shape index (κ1) is 25.5. The van der Waals surface area contributed by atoms with E-state index in [9.17, 15) is 26.3 Å². The standard InChI is InChI=1S/C20H16F6N6O3/c1-2-33-18-30-16(28-13-5-9-15(10-6-13)35-20(24,25)26)29-17(31-18)32-27-11-12-3-7-14(8-4-12)34-19(21,22)23/h3-10H,2,11H2,1H3,(H,28,29,30,31). The number of ether oxygens (including phenoxy) is 3. The third-order valence-corrected chi connectivity index (χ3v) is 3.79. The van der Waals surface area contributed by atoms with E-state index in [-0.39, 0.29) is 36.8 Å². The number of benzene rings is 2. The second-order valence-electron chi connectivity index (χ2n) is 6.46. The van der Waals surface area contributed by atoms with Gasteiger partial charge in [0.25, 0.3) is 5.95 Å². The lowest BCUT2D eigenvalue weighted by atomic mass is 10.2. The number of aromatic nitrogens is 3. The molecule has 0 radical (unpaired) electrons. The summed E-state index contributed by atoms with van der Waals surface area (Å²) in [5.41, 5.74) is 0.888. The lowest BCUT2D eigenvalue weighted by Gasteiger charge is -2.10. The van der Waals surface area contributed by atoms with Gasteiger partial charge in [-0.15, -0.1) is 31.5 Å². The maximum Gasteiger partial charge on any atom is 0.573 e. The predicted octanol–water partition coefficient (Wildman–Crippen LogP) is 6.10. The molecule has 0 aliphatic heterocycles. The van der Waals surface area contributed by atoms with Gasteiger partial charge in [0.05, 0.1) is 13.2 Å². The fourth-order valence-corrected chi connectivity index (χ4v) is 2.49. The Morgan fingerprint density at radius 3 is 1.91 bits per heavy atom. The molecule has 0 bridgehead atoms. The van der Waals surface area contributed by atoms with Gasteiger partial charge in [0.2, 0.25) is 5.95 Å². The summed E-state index contributed by atoms with van der Waals surface area (Å²) in [6.07, 6.45) is -9.60. The van der Waals surface area contributed by atoms with Gasteiger partial charge in [-0.1, -0.05) is 12.1 Å². The second-order valence-corrected chi connectivity index (χ2v) is 6.46. The van der Waals surface area contributed by atoms with Gasteiger partial charge >= 0.3 is 18.7 Å². The Kier molecular flexibility index (Phi) is 7.88. The van der Waals surface area contributed by atoms with E-state index in [0.29, 0.717) is 11.3 Å². The molecule has 1 heterocycles. The van der Waals surface area contributed by atoms with Gasteiger partial charge < -0.3 is 19.5 Å². The number of nitrogens with one attached hydrogen (secondary N) is 1. The molecule has 2 aromatic carbocycles. The van der Waals surface area contributed by atoms with Crippen LogP contribution in [0.2, 0.25) is 0 Å². The zero-order chi connectivity index (χ0) is 25.5. The molecule has 0 amide bonds. The predicted molar refractivity (Wildman–Crippen MR) is 109 cm³/mol. The summed E-state index contributed by atoms with van der Waals surface area (Å²) < 4.78 is 86.4. The Morgan fingerprint density at radius 2 is 1.37 bits per heavy atom. The molecule has 0 saturated heterocycles. The normalized spacial score (nSPS) is 12.0. The van der Waals surface area contributed by atoms with Crippen molar-refractivity contribution in [3.63, 3.8) is 0 Å². The van der Waals surface area contributed by atoms with Gasteiger partial charge in [0, 0.05) is 5.69 Å². The summed E-state index contributed by atoms with van der Waals surface area (Å²) >= 11 is 0. The minimum absolute atomic E-state index is 0.00534. The number of rotatable bonds is 9. The van der Waals surface area contributed by atoms with Crippen molar-refractivity contribution in [3.05, 3.63) is 54.1 Å². The summed E-state index contributed by atoms with van der Waals surface area (Å²) in [7, 11) is 0. The molecule has 186 valence electrons. The van der Waals surface area contributed by atoms with Gasteiger partial charge in [-0.05, 0) is 48.9 Å². The number of azo groups is 1. The number of halogens is 6. The van der Waals surface area contributed by atoms with Crippen molar-refractivity contribution in [2.75, 3.05) is 11.9 Å². The molecular formula is C20H16F6N6O3. The van der Waals surface area contributed by atoms with E-state index in [1.54, 1.807) is 6.92 Å². The molecule has 0 aliphatic rings. The van der Waals surface area contributed by atoms with Crippen LogP contribution in [0, 0.1) is 0 Å². The number of alkyl halides is 6. The zero-order valence-corrected chi connectivity index (χ0v) is 17.8. The van der Waals surface area contributed by atoms with E-state index in [2.05, 4.69) is 40.0 Å². The Morgan fingerprint density at radius 1 is 0.800 bits per heavy atom. The van der Waals surface area contributed by atoms with Crippen LogP contribution in [0.1, 0.15) is 12.5 Å². The van der Waals surface area contributed by atoms with Crippen molar-refractivity contribution in [2.45, 2.75) is 26.2 Å². The smallest absolute Gasteiger partial charge is 0.464 e. The van der Waals surface area contributed by atoms with Crippen molar-refractivity contribution in [3.8, 4) is 17.5 Å². The highest BCUT2D eigenvalue weighted by Gasteiger charge is 2.31. The third kappa shape index (κ3) is 8.94. The highest BCUT2D eigenvalue weighted by Crippen LogP contribution is 2.26. The van der Waals surface area contributed by atoms with Crippen molar-refractivity contribution >= 4 is 17.6 Å². The van der Waals surface area contributed by atoms with Gasteiger partial charge in [-0.25, -0.2) is 0 Å². The summed E-state index contributed by atoms with van der Waals surface area (Å²) in [6, 6.07) is 9.82. The molecule has 9 nitrogen and oxygen atoms in total. The van der Waals surface area contributed by atoms with Crippen LogP contribution in [0.4, 0.5) is 43.9 Å². The topological polar surface area (TPSA) is 103 Å². The van der Waals surface area contributed by atoms with Crippen LogP contribution >= 0.6 is 0 Å². The molecule has 1 N–H and O–H groups in total. The quantitative estimate of drug-likeness (QED) is 0.279. The highest BCUT2D eigenvalue weighted by atomic mass is 19.4. The van der Waals surface area contributed by atoms with E-state index in [1.165, 1.54) is 24.3 Å². The first-order valence-corrected chi connectivity index (χ1v) is 9.73. The maximum absolute atomic E-state index is 12.3. The Bertz CT molecular complexity index is 1140. The molecule has 3 aromatic rings. The van der Waals surface area contributed by atoms with Crippen LogP contribution in [-0.4, -0.2) is 34.3 Å². The molecule has 0 spiro atoms. The molecule has 1 aromatic heterocycles. The molecule has 15 heteroatoms. The molecule has 0 aliphatic carbocycles. The van der Waals surface area contributed by atoms with Crippen LogP contribution in [0.15, 0.2) is 58.8 Å². The Balaban J connectivity index is 1.69. The molecule has 0 unspecified atom stereocenters. The van der Waals surface area contributed by atoms with E-state index in [4.69, 9.17) is 4.74 Å². The minimum atomic E-state index is -4.81. The number of anilines is 2. The average Bonchev–Trinajstić information content (AvgIpc) is 2.74. The molecule has 0 fully saturated rings. The van der Waals surface area contributed by atoms with Gasteiger partial charge in [-0.2, -0.15) is 20.1 Å². The molecule has 35 heavy (non-hydrogen) atoms. The summed E-state index contributed by atoms with van der Waals surface area (Å²) in [5.74, 6) is -0.928. The summed E-state index contributed by atoms with van der Waals surface area (Å²) in [6.45, 7) is 1.94. The minimum Gasteiger partial charge on any atom is -0.464 e. The van der Waals surface area contributed by atoms with Crippen molar-refractivity contribution in [1.82, 2.24) is 15.0 Å². The van der Waals surface area contributed by atoms with Crippen LogP contribution < -0.4 is 19.5 Å². The first-order chi connectivity index (χ1) is 16.5. The largest absolute Gasteiger partial charge is 0.573 e. The lowest BCUT2D eigenvalue weighted by Crippen LogP contribution is -2.17. The van der Waals surface area contributed by atoms with Gasteiger partial charge in [0.1, 0.15) is 11.5 Å². The van der Waals surface area contributed by atoms with Crippen LogP contribution in [0.25, 0.3) is 0 Å². The number of nitrogens with zero attached hydrogens (tertiary/aromatic N) is 5. The third-order valence-electron chi connectivity index (χ3n) is 3.79. The molecule has 0 saturated carbocycles. The zero-order valence-electron chi connectivity index (χ0n) is 17.8. The summed E-state index contributed by atoms with van der Waals surface area (Å²) in [5, 5.41) is 10.6. The van der Waals surface area contributed by atoms with E-state index < -0.39 is 18.5 Å². The summed E-state index contributed by atoms with van der Waals surface area (Å²) in [4.78, 5) is 12.0. The van der Waals surface area contributed by atoms with Crippen LogP contribution in [0.5, 0.6) is 17.5 Å². The second kappa shape index (κ2) is 10.8. The van der Waals surface area contributed by atoms with Crippen LogP contribution in [0.3, 0.4) is 0 Å². The number of hydrogen-bond acceptors (Lipinski definition) is 9. The maximum atomic E-state index is 12.3. The fraction of sp³-hybridized carbons (Fsp3) is 0.250. The van der Waals surface area contributed by atoms with Gasteiger partial charge in [-0.3, -0.25) is 0 Å². The average molecular weight is 502 g/mol. The monoisotopic (exact) mass is 502 g/mol. The van der Waals surface area contributed by atoms with Crippen molar-refractivity contribution < 1.29 is 40.6 Å². The molecule has 3 rings (SSSR count). The number of hydrogen-bond donors (Lipinski definition) is 1. The lowest BCUT2D eigenvalue weighted by molar-refractivity contribution is -0.275. The highest BCUT2D eigenvalue weighted by molar-refractivity contribution is 5.55.